The van der Waals surface area contributed by atoms with Gasteiger partial charge in [0.05, 0.1) is 10.5 Å². The number of hydrogen-bond donors (Lipinski definition) is 1. The van der Waals surface area contributed by atoms with E-state index >= 15 is 0 Å². The van der Waals surface area contributed by atoms with Crippen molar-refractivity contribution in [3.63, 3.8) is 0 Å². The Kier molecular flexibility index (Phi) is 2.84. The average Bonchev–Trinajstić information content (AvgIpc) is 2.78. The summed E-state index contributed by atoms with van der Waals surface area (Å²) in [6.07, 6.45) is 0. The normalized spacial score (nSPS) is 11.1. The molecule has 2 aromatic carbocycles. The second-order valence-electron chi connectivity index (χ2n) is 3.82. The van der Waals surface area contributed by atoms with Gasteiger partial charge in [0.1, 0.15) is 17.2 Å². The molecule has 0 aliphatic heterocycles. The van der Waals surface area contributed by atoms with Crippen molar-refractivity contribution in [3.8, 4) is 11.4 Å². The van der Waals surface area contributed by atoms with Crippen LogP contribution in [0.3, 0.4) is 0 Å². The third-order valence-corrected chi connectivity index (χ3v) is 3.69. The summed E-state index contributed by atoms with van der Waals surface area (Å²) in [5.74, 6) is 0.107. The first kappa shape index (κ1) is 11.7. The molecule has 0 saturated heterocycles. The van der Waals surface area contributed by atoms with Crippen molar-refractivity contribution in [1.82, 2.24) is 9.97 Å². The van der Waals surface area contributed by atoms with Crippen LogP contribution >= 0.6 is 27.5 Å². The molecule has 0 atom stereocenters. The minimum Gasteiger partial charge on any atom is -0.338 e. The molecule has 5 heteroatoms. The van der Waals surface area contributed by atoms with Gasteiger partial charge in [0.2, 0.25) is 0 Å². The topological polar surface area (TPSA) is 28.7 Å². The van der Waals surface area contributed by atoms with Crippen LogP contribution in [0.25, 0.3) is 22.4 Å². The molecule has 3 rings (SSSR count). The highest BCUT2D eigenvalue weighted by atomic mass is 79.9. The summed E-state index contributed by atoms with van der Waals surface area (Å²) in [6, 6.07) is 10.4. The molecule has 1 aromatic heterocycles. The van der Waals surface area contributed by atoms with Crippen LogP contribution < -0.4 is 0 Å². The van der Waals surface area contributed by atoms with Gasteiger partial charge < -0.3 is 4.98 Å². The van der Waals surface area contributed by atoms with Gasteiger partial charge in [-0.25, -0.2) is 9.37 Å². The highest BCUT2D eigenvalue weighted by Gasteiger charge is 2.12. The third kappa shape index (κ3) is 1.82. The first-order valence-electron chi connectivity index (χ1n) is 5.25. The van der Waals surface area contributed by atoms with Crippen LogP contribution in [0.4, 0.5) is 4.39 Å². The van der Waals surface area contributed by atoms with E-state index in [1.165, 1.54) is 6.07 Å². The number of H-pyrrole nitrogens is 1. The number of nitrogens with one attached hydrogen (secondary N) is 1. The zero-order valence-electron chi connectivity index (χ0n) is 9.05. The van der Waals surface area contributed by atoms with Gasteiger partial charge in [0.25, 0.3) is 0 Å². The second kappa shape index (κ2) is 4.37. The van der Waals surface area contributed by atoms with E-state index in [0.29, 0.717) is 11.4 Å². The summed E-state index contributed by atoms with van der Waals surface area (Å²) < 4.78 is 14.3. The highest BCUT2D eigenvalue weighted by molar-refractivity contribution is 9.10. The van der Waals surface area contributed by atoms with Crippen molar-refractivity contribution in [1.29, 1.82) is 0 Å². The molecular weight excluding hydrogens is 319 g/mol. The number of rotatable bonds is 1. The van der Waals surface area contributed by atoms with E-state index in [9.17, 15) is 4.39 Å². The van der Waals surface area contributed by atoms with Gasteiger partial charge in [0, 0.05) is 10.0 Å². The van der Waals surface area contributed by atoms with E-state index in [2.05, 4.69) is 25.9 Å². The maximum Gasteiger partial charge on any atom is 0.142 e. The molecule has 18 heavy (non-hydrogen) atoms. The van der Waals surface area contributed by atoms with Crippen molar-refractivity contribution >= 4 is 38.6 Å². The zero-order valence-corrected chi connectivity index (χ0v) is 11.4. The predicted octanol–water partition coefficient (Wildman–Crippen LogP) is 4.78. The van der Waals surface area contributed by atoms with Crippen molar-refractivity contribution in [2.24, 2.45) is 0 Å². The minimum absolute atomic E-state index is 0.0766. The number of halogens is 3. The molecule has 1 heterocycles. The predicted molar refractivity (Wildman–Crippen MR) is 74.2 cm³/mol. The van der Waals surface area contributed by atoms with Crippen molar-refractivity contribution in [3.05, 3.63) is 51.7 Å². The fourth-order valence-corrected chi connectivity index (χ4v) is 2.48. The van der Waals surface area contributed by atoms with Crippen LogP contribution in [0.15, 0.2) is 40.9 Å². The molecule has 2 nitrogen and oxygen atoms in total. The summed E-state index contributed by atoms with van der Waals surface area (Å²) in [5, 5.41) is 0.0766. The van der Waals surface area contributed by atoms with Crippen LogP contribution in [0, 0.1) is 5.82 Å². The number of para-hydroxylation sites is 1. The Hall–Kier alpha value is -1.39. The molecule has 0 spiro atoms. The van der Waals surface area contributed by atoms with Gasteiger partial charge in [-0.1, -0.05) is 23.7 Å². The Bertz CT molecular complexity index is 739. The Morgan fingerprint density at radius 1 is 1.17 bits per heavy atom. The van der Waals surface area contributed by atoms with Gasteiger partial charge in [-0.15, -0.1) is 0 Å². The van der Waals surface area contributed by atoms with E-state index in [0.717, 1.165) is 15.5 Å². The molecule has 0 saturated carbocycles. The summed E-state index contributed by atoms with van der Waals surface area (Å²) in [4.78, 5) is 7.56. The number of benzene rings is 2. The average molecular weight is 326 g/mol. The van der Waals surface area contributed by atoms with Crippen molar-refractivity contribution in [2.45, 2.75) is 0 Å². The maximum atomic E-state index is 13.4. The van der Waals surface area contributed by atoms with E-state index < -0.39 is 5.82 Å². The molecule has 3 aromatic rings. The van der Waals surface area contributed by atoms with Gasteiger partial charge >= 0.3 is 0 Å². The monoisotopic (exact) mass is 324 g/mol. The van der Waals surface area contributed by atoms with Gasteiger partial charge in [-0.05, 0) is 40.2 Å². The van der Waals surface area contributed by atoms with Crippen LogP contribution in [0.5, 0.6) is 0 Å². The lowest BCUT2D eigenvalue weighted by Gasteiger charge is -2.00. The Morgan fingerprint density at radius 2 is 1.94 bits per heavy atom. The largest absolute Gasteiger partial charge is 0.338 e. The molecule has 0 unspecified atom stereocenters. The fraction of sp³-hybridized carbons (Fsp3) is 0. The van der Waals surface area contributed by atoms with Crippen LogP contribution in [0.1, 0.15) is 0 Å². The molecule has 0 bridgehead atoms. The molecule has 1 N–H and O–H groups in total. The highest BCUT2D eigenvalue weighted by Crippen LogP contribution is 2.31. The standard InChI is InChI=1S/C13H7BrClFN2/c14-8-4-2-6-10-12(8)18-13(17-10)7-3-1-5-9(16)11(7)15/h1-6H,(H,17,18). The van der Waals surface area contributed by atoms with E-state index in [4.69, 9.17) is 11.6 Å². The summed E-state index contributed by atoms with van der Waals surface area (Å²) in [6.45, 7) is 0. The maximum absolute atomic E-state index is 13.4. The van der Waals surface area contributed by atoms with Crippen LogP contribution in [-0.2, 0) is 0 Å². The number of aromatic amines is 1. The minimum atomic E-state index is -0.450. The SMILES string of the molecule is Fc1cccc(-c2nc3c(Br)cccc3[nH]2)c1Cl. The lowest BCUT2D eigenvalue weighted by molar-refractivity contribution is 0.628. The second-order valence-corrected chi connectivity index (χ2v) is 5.06. The van der Waals surface area contributed by atoms with Crippen molar-refractivity contribution in [2.75, 3.05) is 0 Å². The van der Waals surface area contributed by atoms with Gasteiger partial charge in [-0.3, -0.25) is 0 Å². The first-order valence-corrected chi connectivity index (χ1v) is 6.42. The van der Waals surface area contributed by atoms with Gasteiger partial charge in [-0.2, -0.15) is 0 Å². The summed E-state index contributed by atoms with van der Waals surface area (Å²) in [5.41, 5.74) is 2.23. The molecule has 0 amide bonds. The summed E-state index contributed by atoms with van der Waals surface area (Å²) >= 11 is 9.37. The van der Waals surface area contributed by atoms with Gasteiger partial charge in [0.15, 0.2) is 0 Å². The summed E-state index contributed by atoms with van der Waals surface area (Å²) in [7, 11) is 0. The molecular formula is C13H7BrClFN2. The first-order chi connectivity index (χ1) is 8.66. The Morgan fingerprint density at radius 3 is 2.72 bits per heavy atom. The van der Waals surface area contributed by atoms with E-state index in [-0.39, 0.29) is 5.02 Å². The van der Waals surface area contributed by atoms with Crippen molar-refractivity contribution < 1.29 is 4.39 Å². The molecule has 0 fully saturated rings. The number of aromatic nitrogens is 2. The number of imidazole rings is 1. The fourth-order valence-electron chi connectivity index (χ4n) is 1.81. The molecule has 0 aliphatic carbocycles. The number of fused-ring (bicyclic) bond motifs is 1. The quantitative estimate of drug-likeness (QED) is 0.685. The lowest BCUT2D eigenvalue weighted by atomic mass is 10.2. The number of nitrogens with zero attached hydrogens (tertiary/aromatic N) is 1. The van der Waals surface area contributed by atoms with E-state index in [1.807, 2.05) is 18.2 Å². The van der Waals surface area contributed by atoms with E-state index in [1.54, 1.807) is 12.1 Å². The molecule has 0 aliphatic rings. The molecule has 90 valence electrons. The van der Waals surface area contributed by atoms with Crippen LogP contribution in [0.2, 0.25) is 5.02 Å². The lowest BCUT2D eigenvalue weighted by Crippen LogP contribution is -1.85. The Balaban J connectivity index is 2.26. The number of hydrogen-bond acceptors (Lipinski definition) is 1. The molecule has 0 radical (unpaired) electrons. The smallest absolute Gasteiger partial charge is 0.142 e. The third-order valence-electron chi connectivity index (χ3n) is 2.67. The zero-order chi connectivity index (χ0) is 12.7. The Labute approximate surface area is 116 Å². The van der Waals surface area contributed by atoms with Crippen LogP contribution in [-0.4, -0.2) is 9.97 Å².